The highest BCUT2D eigenvalue weighted by atomic mass is 35.5. The van der Waals surface area contributed by atoms with E-state index in [4.69, 9.17) is 0 Å². The van der Waals surface area contributed by atoms with E-state index < -0.39 is 10.0 Å². The largest absolute Gasteiger partial charge is 0.303 e. The van der Waals surface area contributed by atoms with Crippen LogP contribution in [0.4, 0.5) is 5.69 Å². The number of benzene rings is 1. The van der Waals surface area contributed by atoms with Gasteiger partial charge >= 0.3 is 0 Å². The number of aryl methyl sites for hydroxylation is 1. The summed E-state index contributed by atoms with van der Waals surface area (Å²) in [7, 11) is -1.03. The number of anilines is 1. The smallest absolute Gasteiger partial charge is 0.229 e. The molecular weight excluding hydrogens is 308 g/mol. The van der Waals surface area contributed by atoms with Crippen LogP contribution >= 0.6 is 12.4 Å². The van der Waals surface area contributed by atoms with Gasteiger partial charge in [0.25, 0.3) is 0 Å². The molecule has 1 saturated heterocycles. The minimum absolute atomic E-state index is 0. The third-order valence-corrected chi connectivity index (χ3v) is 4.57. The molecule has 1 aliphatic rings. The monoisotopic (exact) mass is 332 g/mol. The summed E-state index contributed by atoms with van der Waals surface area (Å²) in [5, 5.41) is 0. The first kappa shape index (κ1) is 18.3. The lowest BCUT2D eigenvalue weighted by Gasteiger charge is -2.32. The predicted octanol–water partition coefficient (Wildman–Crippen LogP) is 2.90. The maximum absolute atomic E-state index is 11.4. The second kappa shape index (κ2) is 8.01. The molecule has 120 valence electrons. The van der Waals surface area contributed by atoms with Gasteiger partial charge in [-0.2, -0.15) is 0 Å². The molecule has 0 bridgehead atoms. The molecule has 21 heavy (non-hydrogen) atoms. The molecule has 1 unspecified atom stereocenters. The van der Waals surface area contributed by atoms with Crippen molar-refractivity contribution in [2.45, 2.75) is 38.1 Å². The lowest BCUT2D eigenvalue weighted by Crippen LogP contribution is -2.36. The summed E-state index contributed by atoms with van der Waals surface area (Å²) >= 11 is 0. The quantitative estimate of drug-likeness (QED) is 0.902. The molecular formula is C15H25ClN2O2S. The van der Waals surface area contributed by atoms with Crippen molar-refractivity contribution in [3.05, 3.63) is 29.8 Å². The summed E-state index contributed by atoms with van der Waals surface area (Å²) in [5.41, 5.74) is 1.80. The standard InChI is InChI=1S/C15H24N2O2S.ClH/c1-17-12-6-5-8-14(17)11-10-13-7-3-4-9-15(13)16-20(2,18)19;/h3-4,7,9,14,16H,5-6,8,10-12H2,1-2H3;1H. The Bertz CT molecular complexity index is 548. The Morgan fingerprint density at radius 3 is 2.67 bits per heavy atom. The van der Waals surface area contributed by atoms with E-state index in [-0.39, 0.29) is 12.4 Å². The van der Waals surface area contributed by atoms with Gasteiger partial charge in [0, 0.05) is 6.04 Å². The van der Waals surface area contributed by atoms with Gasteiger partial charge in [-0.3, -0.25) is 4.72 Å². The van der Waals surface area contributed by atoms with Crippen LogP contribution in [-0.2, 0) is 16.4 Å². The molecule has 4 nitrogen and oxygen atoms in total. The average Bonchev–Trinajstić information content (AvgIpc) is 2.37. The van der Waals surface area contributed by atoms with Crippen LogP contribution in [0.1, 0.15) is 31.2 Å². The first-order valence-electron chi connectivity index (χ1n) is 7.21. The fraction of sp³-hybridized carbons (Fsp3) is 0.600. The Hall–Kier alpha value is -0.780. The molecule has 1 aromatic rings. The van der Waals surface area contributed by atoms with Crippen molar-refractivity contribution in [1.29, 1.82) is 0 Å². The number of piperidine rings is 1. The summed E-state index contributed by atoms with van der Waals surface area (Å²) in [6.07, 6.45) is 7.03. The van der Waals surface area contributed by atoms with Crippen LogP contribution in [-0.4, -0.2) is 39.2 Å². The molecule has 0 amide bonds. The van der Waals surface area contributed by atoms with Crippen LogP contribution in [0.2, 0.25) is 0 Å². The Morgan fingerprint density at radius 1 is 1.29 bits per heavy atom. The third-order valence-electron chi connectivity index (χ3n) is 3.98. The minimum atomic E-state index is -3.21. The van der Waals surface area contributed by atoms with Crippen LogP contribution in [0, 0.1) is 0 Å². The van der Waals surface area contributed by atoms with Crippen LogP contribution < -0.4 is 4.72 Å². The summed E-state index contributed by atoms with van der Waals surface area (Å²) in [6, 6.07) is 8.30. The molecule has 1 aromatic carbocycles. The number of hydrogen-bond donors (Lipinski definition) is 1. The van der Waals surface area contributed by atoms with Crippen molar-refractivity contribution in [3.63, 3.8) is 0 Å². The number of nitrogens with one attached hydrogen (secondary N) is 1. The zero-order chi connectivity index (χ0) is 14.6. The molecule has 2 rings (SSSR count). The van der Waals surface area contributed by atoms with E-state index in [2.05, 4.69) is 16.7 Å². The van der Waals surface area contributed by atoms with Crippen molar-refractivity contribution in [2.75, 3.05) is 24.6 Å². The van der Waals surface area contributed by atoms with Crippen LogP contribution in [0.15, 0.2) is 24.3 Å². The predicted molar refractivity (Wildman–Crippen MR) is 90.7 cm³/mol. The van der Waals surface area contributed by atoms with Gasteiger partial charge in [0.1, 0.15) is 0 Å². The molecule has 1 N–H and O–H groups in total. The highest BCUT2D eigenvalue weighted by molar-refractivity contribution is 7.92. The molecule has 0 spiro atoms. The molecule has 6 heteroatoms. The van der Waals surface area contributed by atoms with Gasteiger partial charge in [-0.25, -0.2) is 8.42 Å². The van der Waals surface area contributed by atoms with Crippen molar-refractivity contribution in [2.24, 2.45) is 0 Å². The summed E-state index contributed by atoms with van der Waals surface area (Å²) < 4.78 is 25.4. The SMILES string of the molecule is CN1CCCCC1CCc1ccccc1NS(C)(=O)=O.Cl. The van der Waals surface area contributed by atoms with E-state index >= 15 is 0 Å². The summed E-state index contributed by atoms with van der Waals surface area (Å²) in [4.78, 5) is 2.43. The van der Waals surface area contributed by atoms with Gasteiger partial charge < -0.3 is 4.90 Å². The first-order valence-corrected chi connectivity index (χ1v) is 9.11. The van der Waals surface area contributed by atoms with Crippen molar-refractivity contribution < 1.29 is 8.42 Å². The Balaban J connectivity index is 0.00000220. The zero-order valence-electron chi connectivity index (χ0n) is 12.7. The highest BCUT2D eigenvalue weighted by Crippen LogP contribution is 2.23. The zero-order valence-corrected chi connectivity index (χ0v) is 14.3. The second-order valence-electron chi connectivity index (χ2n) is 5.70. The molecule has 1 heterocycles. The number of para-hydroxylation sites is 1. The van der Waals surface area contributed by atoms with Crippen LogP contribution in [0.25, 0.3) is 0 Å². The molecule has 1 atom stereocenters. The number of rotatable bonds is 5. The van der Waals surface area contributed by atoms with E-state index in [1.165, 1.54) is 32.1 Å². The Morgan fingerprint density at radius 2 is 2.00 bits per heavy atom. The van der Waals surface area contributed by atoms with Gasteiger partial charge in [0.2, 0.25) is 10.0 Å². The normalized spacial score (nSPS) is 19.8. The molecule has 1 aliphatic heterocycles. The fourth-order valence-electron chi connectivity index (χ4n) is 2.87. The Kier molecular flexibility index (Phi) is 6.97. The molecule has 0 aliphatic carbocycles. The molecule has 1 fully saturated rings. The summed E-state index contributed by atoms with van der Waals surface area (Å²) in [6.45, 7) is 1.17. The van der Waals surface area contributed by atoms with Crippen LogP contribution in [0.3, 0.4) is 0 Å². The lowest BCUT2D eigenvalue weighted by atomic mass is 9.96. The average molecular weight is 333 g/mol. The van der Waals surface area contributed by atoms with Gasteiger partial charge in [-0.15, -0.1) is 12.4 Å². The third kappa shape index (κ3) is 5.85. The van der Waals surface area contributed by atoms with Gasteiger partial charge in [-0.05, 0) is 50.9 Å². The van der Waals surface area contributed by atoms with E-state index in [1.54, 1.807) is 0 Å². The number of hydrogen-bond acceptors (Lipinski definition) is 3. The highest BCUT2D eigenvalue weighted by Gasteiger charge is 2.19. The number of sulfonamides is 1. The second-order valence-corrected chi connectivity index (χ2v) is 7.45. The van der Waals surface area contributed by atoms with Gasteiger partial charge in [0.15, 0.2) is 0 Å². The minimum Gasteiger partial charge on any atom is -0.303 e. The van der Waals surface area contributed by atoms with Gasteiger partial charge in [0.05, 0.1) is 11.9 Å². The van der Waals surface area contributed by atoms with Crippen molar-refractivity contribution in [1.82, 2.24) is 4.90 Å². The molecule has 0 aromatic heterocycles. The van der Waals surface area contributed by atoms with E-state index in [9.17, 15) is 8.42 Å². The molecule has 0 radical (unpaired) electrons. The van der Waals surface area contributed by atoms with Crippen molar-refractivity contribution >= 4 is 28.1 Å². The lowest BCUT2D eigenvalue weighted by molar-refractivity contribution is 0.176. The maximum Gasteiger partial charge on any atom is 0.229 e. The van der Waals surface area contributed by atoms with E-state index in [0.29, 0.717) is 11.7 Å². The van der Waals surface area contributed by atoms with Crippen molar-refractivity contribution in [3.8, 4) is 0 Å². The van der Waals surface area contributed by atoms with E-state index in [0.717, 1.165) is 18.4 Å². The molecule has 0 saturated carbocycles. The Labute approximate surface area is 134 Å². The van der Waals surface area contributed by atoms with Gasteiger partial charge in [-0.1, -0.05) is 24.6 Å². The number of halogens is 1. The maximum atomic E-state index is 11.4. The first-order chi connectivity index (χ1) is 9.46. The topological polar surface area (TPSA) is 49.4 Å². The number of likely N-dealkylation sites (tertiary alicyclic amines) is 1. The van der Waals surface area contributed by atoms with Crippen LogP contribution in [0.5, 0.6) is 0 Å². The summed E-state index contributed by atoms with van der Waals surface area (Å²) in [5.74, 6) is 0. The van der Waals surface area contributed by atoms with E-state index in [1.807, 2.05) is 24.3 Å². The number of nitrogens with zero attached hydrogens (tertiary/aromatic N) is 1. The fourth-order valence-corrected chi connectivity index (χ4v) is 3.47.